The van der Waals surface area contributed by atoms with Gasteiger partial charge in [0.25, 0.3) is 5.91 Å². The van der Waals surface area contributed by atoms with Gasteiger partial charge in [0, 0.05) is 6.04 Å². The SMILES string of the molecule is C[C@@H]1CCCC[C@@H]1NC(=O)NC(=O)COc1ccc(C(F)(F)F)cc1. The van der Waals surface area contributed by atoms with Gasteiger partial charge >= 0.3 is 12.2 Å². The molecule has 0 radical (unpaired) electrons. The van der Waals surface area contributed by atoms with Crippen molar-refractivity contribution in [3.63, 3.8) is 0 Å². The van der Waals surface area contributed by atoms with Crippen LogP contribution in [-0.4, -0.2) is 24.6 Å². The lowest BCUT2D eigenvalue weighted by atomic mass is 9.86. The fraction of sp³-hybridized carbons (Fsp3) is 0.529. The molecule has 0 unspecified atom stereocenters. The van der Waals surface area contributed by atoms with Crippen LogP contribution in [0.2, 0.25) is 0 Å². The number of benzene rings is 1. The summed E-state index contributed by atoms with van der Waals surface area (Å²) in [5, 5.41) is 4.93. The van der Waals surface area contributed by atoms with Gasteiger partial charge in [-0.15, -0.1) is 0 Å². The second kappa shape index (κ2) is 8.22. The van der Waals surface area contributed by atoms with Crippen LogP contribution in [0.3, 0.4) is 0 Å². The summed E-state index contributed by atoms with van der Waals surface area (Å²) in [6, 6.07) is 3.44. The van der Waals surface area contributed by atoms with E-state index >= 15 is 0 Å². The molecule has 1 aromatic carbocycles. The molecule has 0 spiro atoms. The molecule has 1 fully saturated rings. The van der Waals surface area contributed by atoms with Crippen LogP contribution >= 0.6 is 0 Å². The zero-order chi connectivity index (χ0) is 18.4. The predicted octanol–water partition coefficient (Wildman–Crippen LogP) is 3.49. The first kappa shape index (κ1) is 19.1. The Balaban J connectivity index is 1.75. The van der Waals surface area contributed by atoms with E-state index in [0.29, 0.717) is 5.92 Å². The Labute approximate surface area is 143 Å². The fourth-order valence-electron chi connectivity index (χ4n) is 2.79. The van der Waals surface area contributed by atoms with E-state index in [4.69, 9.17) is 4.74 Å². The van der Waals surface area contributed by atoms with E-state index in [0.717, 1.165) is 49.9 Å². The number of nitrogens with one attached hydrogen (secondary N) is 2. The third kappa shape index (κ3) is 5.95. The van der Waals surface area contributed by atoms with Crippen LogP contribution in [0.5, 0.6) is 5.75 Å². The Morgan fingerprint density at radius 3 is 2.40 bits per heavy atom. The van der Waals surface area contributed by atoms with Crippen LogP contribution in [0.4, 0.5) is 18.0 Å². The highest BCUT2D eigenvalue weighted by Gasteiger charge is 2.30. The van der Waals surface area contributed by atoms with Crippen molar-refractivity contribution in [1.29, 1.82) is 0 Å². The summed E-state index contributed by atoms with van der Waals surface area (Å²) in [7, 11) is 0. The third-order valence-corrected chi connectivity index (χ3v) is 4.23. The van der Waals surface area contributed by atoms with Gasteiger partial charge < -0.3 is 10.1 Å². The van der Waals surface area contributed by atoms with Gasteiger partial charge in [-0.2, -0.15) is 13.2 Å². The van der Waals surface area contributed by atoms with Crippen LogP contribution in [0, 0.1) is 5.92 Å². The minimum absolute atomic E-state index is 0.0392. The van der Waals surface area contributed by atoms with Crippen LogP contribution < -0.4 is 15.4 Å². The molecule has 5 nitrogen and oxygen atoms in total. The van der Waals surface area contributed by atoms with Gasteiger partial charge in [0.05, 0.1) is 5.56 Å². The second-order valence-electron chi connectivity index (χ2n) is 6.20. The molecular weight excluding hydrogens is 337 g/mol. The van der Waals surface area contributed by atoms with Gasteiger partial charge in [-0.3, -0.25) is 10.1 Å². The number of halogens is 3. The summed E-state index contributed by atoms with van der Waals surface area (Å²) in [5.41, 5.74) is -0.801. The minimum atomic E-state index is -4.43. The first-order valence-corrected chi connectivity index (χ1v) is 8.16. The lowest BCUT2D eigenvalue weighted by molar-refractivity contribution is -0.137. The maximum Gasteiger partial charge on any atom is 0.416 e. The smallest absolute Gasteiger partial charge is 0.416 e. The molecule has 2 N–H and O–H groups in total. The molecule has 2 rings (SSSR count). The average molecular weight is 358 g/mol. The summed E-state index contributed by atoms with van der Waals surface area (Å²) in [5.74, 6) is -0.191. The molecule has 0 aromatic heterocycles. The molecule has 1 aromatic rings. The van der Waals surface area contributed by atoms with Crippen molar-refractivity contribution in [2.45, 2.75) is 44.8 Å². The number of carbonyl (C=O) groups excluding carboxylic acids is 2. The van der Waals surface area contributed by atoms with Crippen molar-refractivity contribution in [3.8, 4) is 5.75 Å². The van der Waals surface area contributed by atoms with Crippen LogP contribution in [0.1, 0.15) is 38.2 Å². The number of hydrogen-bond acceptors (Lipinski definition) is 3. The van der Waals surface area contributed by atoms with Gasteiger partial charge in [-0.1, -0.05) is 19.8 Å². The fourth-order valence-corrected chi connectivity index (χ4v) is 2.79. The normalized spacial score (nSPS) is 20.6. The molecule has 1 saturated carbocycles. The summed E-state index contributed by atoms with van der Waals surface area (Å²) in [6.07, 6.45) is -0.327. The van der Waals surface area contributed by atoms with E-state index in [1.807, 2.05) is 0 Å². The maximum absolute atomic E-state index is 12.4. The molecule has 0 bridgehead atoms. The highest BCUT2D eigenvalue weighted by atomic mass is 19.4. The molecule has 1 aliphatic rings. The van der Waals surface area contributed by atoms with Crippen molar-refractivity contribution >= 4 is 11.9 Å². The Morgan fingerprint density at radius 2 is 1.80 bits per heavy atom. The zero-order valence-electron chi connectivity index (χ0n) is 13.9. The number of amides is 3. The summed E-state index contributed by atoms with van der Waals surface area (Å²) in [4.78, 5) is 23.5. The van der Waals surface area contributed by atoms with Crippen LogP contribution in [0.15, 0.2) is 24.3 Å². The molecule has 0 aliphatic heterocycles. The van der Waals surface area contributed by atoms with E-state index in [1.54, 1.807) is 0 Å². The van der Waals surface area contributed by atoms with Gasteiger partial charge in [0.2, 0.25) is 0 Å². The van der Waals surface area contributed by atoms with E-state index in [9.17, 15) is 22.8 Å². The molecule has 0 saturated heterocycles. The van der Waals surface area contributed by atoms with Gasteiger partial charge in [-0.25, -0.2) is 4.79 Å². The first-order chi connectivity index (χ1) is 11.8. The highest BCUT2D eigenvalue weighted by Crippen LogP contribution is 2.30. The Bertz CT molecular complexity index is 602. The van der Waals surface area contributed by atoms with Crippen LogP contribution in [-0.2, 0) is 11.0 Å². The van der Waals surface area contributed by atoms with Gasteiger partial charge in [0.15, 0.2) is 6.61 Å². The molecule has 0 heterocycles. The Kier molecular flexibility index (Phi) is 6.27. The topological polar surface area (TPSA) is 67.4 Å². The third-order valence-electron chi connectivity index (χ3n) is 4.23. The standard InChI is InChI=1S/C17H21F3N2O3/c1-11-4-2-3-5-14(11)21-16(24)22-15(23)10-25-13-8-6-12(7-9-13)17(18,19)20/h6-9,11,14H,2-5,10H2,1H3,(H2,21,22,23,24)/t11-,14+/m1/s1. The number of imide groups is 1. The molecular formula is C17H21F3N2O3. The van der Waals surface area contributed by atoms with Crippen molar-refractivity contribution < 1.29 is 27.5 Å². The van der Waals surface area contributed by atoms with E-state index in [2.05, 4.69) is 17.6 Å². The molecule has 138 valence electrons. The maximum atomic E-state index is 12.4. The molecule has 2 atom stereocenters. The number of ether oxygens (including phenoxy) is 1. The van der Waals surface area contributed by atoms with Crippen LogP contribution in [0.25, 0.3) is 0 Å². The largest absolute Gasteiger partial charge is 0.484 e. The average Bonchev–Trinajstić information content (AvgIpc) is 2.54. The van der Waals surface area contributed by atoms with Gasteiger partial charge in [-0.05, 0) is 43.0 Å². The first-order valence-electron chi connectivity index (χ1n) is 8.16. The summed E-state index contributed by atoms with van der Waals surface area (Å²) < 4.78 is 42.4. The Hall–Kier alpha value is -2.25. The zero-order valence-corrected chi connectivity index (χ0v) is 13.9. The van der Waals surface area contributed by atoms with Crippen molar-refractivity contribution in [1.82, 2.24) is 10.6 Å². The summed E-state index contributed by atoms with van der Waals surface area (Å²) >= 11 is 0. The Morgan fingerprint density at radius 1 is 1.16 bits per heavy atom. The molecule has 1 aliphatic carbocycles. The van der Waals surface area contributed by atoms with Gasteiger partial charge in [0.1, 0.15) is 5.75 Å². The molecule has 8 heteroatoms. The number of rotatable bonds is 4. The molecule has 25 heavy (non-hydrogen) atoms. The monoisotopic (exact) mass is 358 g/mol. The van der Waals surface area contributed by atoms with E-state index < -0.39 is 30.3 Å². The van der Waals surface area contributed by atoms with E-state index in [-0.39, 0.29) is 11.8 Å². The number of carbonyl (C=O) groups is 2. The minimum Gasteiger partial charge on any atom is -0.484 e. The van der Waals surface area contributed by atoms with Crippen molar-refractivity contribution in [2.24, 2.45) is 5.92 Å². The highest BCUT2D eigenvalue weighted by molar-refractivity contribution is 5.95. The number of urea groups is 1. The molecule has 3 amide bonds. The summed E-state index contributed by atoms with van der Waals surface area (Å²) in [6.45, 7) is 1.60. The van der Waals surface area contributed by atoms with E-state index in [1.165, 1.54) is 0 Å². The lowest BCUT2D eigenvalue weighted by Crippen LogP contribution is -2.48. The number of hydrogen-bond donors (Lipinski definition) is 2. The second-order valence-corrected chi connectivity index (χ2v) is 6.20. The lowest BCUT2D eigenvalue weighted by Gasteiger charge is -2.29. The van der Waals surface area contributed by atoms with Crippen molar-refractivity contribution in [2.75, 3.05) is 6.61 Å². The number of alkyl halides is 3. The predicted molar refractivity (Wildman–Crippen MR) is 85.0 cm³/mol. The van der Waals surface area contributed by atoms with Crippen molar-refractivity contribution in [3.05, 3.63) is 29.8 Å². The quantitative estimate of drug-likeness (QED) is 0.866.